The highest BCUT2D eigenvalue weighted by molar-refractivity contribution is 6.19. The fourth-order valence-corrected chi connectivity index (χ4v) is 9.29. The molecule has 0 aliphatic heterocycles. The van der Waals surface area contributed by atoms with Crippen LogP contribution in [0.15, 0.2) is 194 Å². The Labute approximate surface area is 312 Å². The quantitative estimate of drug-likeness (QED) is 0.175. The van der Waals surface area contributed by atoms with Gasteiger partial charge < -0.3 is 9.13 Å². The largest absolute Gasteiger partial charge is 0.309 e. The van der Waals surface area contributed by atoms with E-state index in [1.165, 1.54) is 105 Å². The zero-order valence-corrected chi connectivity index (χ0v) is 29.4. The second kappa shape index (κ2) is 11.2. The van der Waals surface area contributed by atoms with Crippen molar-refractivity contribution in [2.75, 3.05) is 0 Å². The Bertz CT molecular complexity index is 3280. The molecular weight excluding hydrogens is 653 g/mol. The highest BCUT2D eigenvalue weighted by atomic mass is 15.0. The predicted molar refractivity (Wildman–Crippen MR) is 228 cm³/mol. The van der Waals surface area contributed by atoms with Gasteiger partial charge >= 0.3 is 0 Å². The van der Waals surface area contributed by atoms with E-state index >= 15 is 0 Å². The monoisotopic (exact) mass is 684 g/mol. The Morgan fingerprint density at radius 2 is 0.741 bits per heavy atom. The summed E-state index contributed by atoms with van der Waals surface area (Å²) in [7, 11) is 0. The molecule has 2 heterocycles. The number of fused-ring (bicyclic) bond motifs is 9. The van der Waals surface area contributed by atoms with Gasteiger partial charge in [0.05, 0.1) is 22.1 Å². The number of para-hydroxylation sites is 3. The van der Waals surface area contributed by atoms with Crippen molar-refractivity contribution < 1.29 is 0 Å². The lowest BCUT2D eigenvalue weighted by molar-refractivity contribution is 1.18. The van der Waals surface area contributed by atoms with Crippen molar-refractivity contribution in [2.24, 2.45) is 0 Å². The number of hydrogen-bond acceptors (Lipinski definition) is 0. The third-order valence-electron chi connectivity index (χ3n) is 11.7. The third-order valence-corrected chi connectivity index (χ3v) is 11.7. The summed E-state index contributed by atoms with van der Waals surface area (Å²) in [6.45, 7) is 0. The Kier molecular flexibility index (Phi) is 6.09. The van der Waals surface area contributed by atoms with Gasteiger partial charge in [0, 0.05) is 32.9 Å². The van der Waals surface area contributed by atoms with E-state index in [4.69, 9.17) is 0 Å². The SMILES string of the molecule is c1ccc(-n2c3ccccc3c3cc(-c4ccc5c6ccccc6n(-c6ccc(-c7ccc8c9c(cccc79)-c7ccccc7-8)cc6)c5c4)ccc32)cc1. The lowest BCUT2D eigenvalue weighted by Crippen LogP contribution is -1.94. The zero-order valence-electron chi connectivity index (χ0n) is 29.4. The number of aromatic nitrogens is 2. The van der Waals surface area contributed by atoms with E-state index in [1.807, 2.05) is 0 Å². The van der Waals surface area contributed by atoms with Crippen LogP contribution in [0.3, 0.4) is 0 Å². The molecular formula is C52H32N2. The van der Waals surface area contributed by atoms with Gasteiger partial charge in [-0.15, -0.1) is 0 Å². The summed E-state index contributed by atoms with van der Waals surface area (Å²) in [4.78, 5) is 0. The summed E-state index contributed by atoms with van der Waals surface area (Å²) in [5, 5.41) is 7.70. The fourth-order valence-electron chi connectivity index (χ4n) is 9.29. The summed E-state index contributed by atoms with van der Waals surface area (Å²) < 4.78 is 4.81. The minimum Gasteiger partial charge on any atom is -0.309 e. The van der Waals surface area contributed by atoms with Crippen molar-refractivity contribution in [1.29, 1.82) is 0 Å². The number of rotatable bonds is 4. The summed E-state index contributed by atoms with van der Waals surface area (Å²) in [5.41, 5.74) is 17.4. The van der Waals surface area contributed by atoms with Crippen molar-refractivity contribution in [3.63, 3.8) is 0 Å². The molecule has 0 N–H and O–H groups in total. The van der Waals surface area contributed by atoms with Crippen molar-refractivity contribution in [3.8, 4) is 55.9 Å². The van der Waals surface area contributed by atoms with Gasteiger partial charge in [0.15, 0.2) is 0 Å². The maximum absolute atomic E-state index is 2.43. The van der Waals surface area contributed by atoms with E-state index in [1.54, 1.807) is 0 Å². The van der Waals surface area contributed by atoms with E-state index in [2.05, 4.69) is 203 Å². The Morgan fingerprint density at radius 3 is 1.52 bits per heavy atom. The first-order valence-electron chi connectivity index (χ1n) is 18.7. The average Bonchev–Trinajstić information content (AvgIpc) is 3.87. The van der Waals surface area contributed by atoms with Crippen molar-refractivity contribution in [1.82, 2.24) is 9.13 Å². The molecule has 250 valence electrons. The van der Waals surface area contributed by atoms with Gasteiger partial charge in [-0.05, 0) is 110 Å². The normalized spacial score (nSPS) is 12.1. The van der Waals surface area contributed by atoms with Crippen molar-refractivity contribution >= 4 is 54.4 Å². The van der Waals surface area contributed by atoms with Crippen LogP contribution in [0.4, 0.5) is 0 Å². The van der Waals surface area contributed by atoms with Gasteiger partial charge in [-0.1, -0.05) is 140 Å². The molecule has 11 aromatic rings. The molecule has 0 unspecified atom stereocenters. The van der Waals surface area contributed by atoms with E-state index in [-0.39, 0.29) is 0 Å². The van der Waals surface area contributed by atoms with Crippen LogP contribution >= 0.6 is 0 Å². The molecule has 12 rings (SSSR count). The minimum absolute atomic E-state index is 1.15. The molecule has 54 heavy (non-hydrogen) atoms. The molecule has 1 aliphatic rings. The Morgan fingerprint density at radius 1 is 0.241 bits per heavy atom. The molecule has 0 saturated heterocycles. The fraction of sp³-hybridized carbons (Fsp3) is 0. The highest BCUT2D eigenvalue weighted by Crippen LogP contribution is 2.49. The summed E-state index contributed by atoms with van der Waals surface area (Å²) in [6.07, 6.45) is 0. The van der Waals surface area contributed by atoms with Crippen LogP contribution in [0.25, 0.3) is 110 Å². The summed E-state index contributed by atoms with van der Waals surface area (Å²) in [5.74, 6) is 0. The molecule has 2 aromatic heterocycles. The molecule has 2 heteroatoms. The zero-order chi connectivity index (χ0) is 35.3. The molecule has 0 radical (unpaired) electrons. The Balaban J connectivity index is 0.997. The second-order valence-electron chi connectivity index (χ2n) is 14.5. The summed E-state index contributed by atoms with van der Waals surface area (Å²) in [6, 6.07) is 71.4. The van der Waals surface area contributed by atoms with E-state index in [0.29, 0.717) is 0 Å². The molecule has 0 saturated carbocycles. The number of nitrogens with zero attached hydrogens (tertiary/aromatic N) is 2. The molecule has 0 spiro atoms. The van der Waals surface area contributed by atoms with Crippen LogP contribution in [-0.2, 0) is 0 Å². The highest BCUT2D eigenvalue weighted by Gasteiger charge is 2.22. The van der Waals surface area contributed by atoms with Gasteiger partial charge in [0.1, 0.15) is 0 Å². The molecule has 0 atom stereocenters. The van der Waals surface area contributed by atoms with Crippen LogP contribution in [-0.4, -0.2) is 9.13 Å². The first kappa shape index (κ1) is 29.4. The lowest BCUT2D eigenvalue weighted by Gasteiger charge is -2.12. The van der Waals surface area contributed by atoms with E-state index in [9.17, 15) is 0 Å². The van der Waals surface area contributed by atoms with E-state index < -0.39 is 0 Å². The van der Waals surface area contributed by atoms with Crippen molar-refractivity contribution in [3.05, 3.63) is 194 Å². The predicted octanol–water partition coefficient (Wildman–Crippen LogP) is 14.0. The molecule has 1 aliphatic carbocycles. The molecule has 0 bridgehead atoms. The smallest absolute Gasteiger partial charge is 0.0547 e. The van der Waals surface area contributed by atoms with Crippen molar-refractivity contribution in [2.45, 2.75) is 0 Å². The molecule has 0 amide bonds. The van der Waals surface area contributed by atoms with Crippen LogP contribution in [0.5, 0.6) is 0 Å². The second-order valence-corrected chi connectivity index (χ2v) is 14.5. The molecule has 0 fully saturated rings. The maximum atomic E-state index is 2.43. The van der Waals surface area contributed by atoms with Gasteiger partial charge in [0.2, 0.25) is 0 Å². The van der Waals surface area contributed by atoms with Crippen LogP contribution in [0.2, 0.25) is 0 Å². The van der Waals surface area contributed by atoms with Crippen LogP contribution < -0.4 is 0 Å². The van der Waals surface area contributed by atoms with E-state index in [0.717, 1.165) is 5.69 Å². The third kappa shape index (κ3) is 4.11. The number of benzene rings is 9. The molecule has 9 aromatic carbocycles. The standard InChI is InChI=1S/C52H32N2/c1-2-11-36(12-3-1)53-49-20-9-7-16-42(49)47-31-34(24-30-50(47)53)35-23-27-43-41-15-6-8-19-48(41)54(51(43)32-35)37-25-21-33(22-26-37)38-28-29-46-40-14-5-4-13-39(40)45-18-10-17-44(38)52(45)46/h1-32H. The number of hydrogen-bond donors (Lipinski definition) is 0. The maximum Gasteiger partial charge on any atom is 0.0547 e. The Hall–Kier alpha value is -7.16. The van der Waals surface area contributed by atoms with Gasteiger partial charge in [-0.25, -0.2) is 0 Å². The van der Waals surface area contributed by atoms with Crippen LogP contribution in [0, 0.1) is 0 Å². The van der Waals surface area contributed by atoms with Gasteiger partial charge in [-0.3, -0.25) is 0 Å². The lowest BCUT2D eigenvalue weighted by atomic mass is 9.94. The average molecular weight is 685 g/mol. The minimum atomic E-state index is 1.15. The first-order valence-corrected chi connectivity index (χ1v) is 18.7. The first-order chi connectivity index (χ1) is 26.8. The van der Waals surface area contributed by atoms with Gasteiger partial charge in [-0.2, -0.15) is 0 Å². The summed E-state index contributed by atoms with van der Waals surface area (Å²) >= 11 is 0. The van der Waals surface area contributed by atoms with Crippen LogP contribution in [0.1, 0.15) is 0 Å². The van der Waals surface area contributed by atoms with Gasteiger partial charge in [0.25, 0.3) is 0 Å². The molecule has 2 nitrogen and oxygen atoms in total. The topological polar surface area (TPSA) is 9.86 Å².